The van der Waals surface area contributed by atoms with Crippen molar-refractivity contribution in [3.05, 3.63) is 59.7 Å². The molecule has 1 amide bonds. The van der Waals surface area contributed by atoms with Crippen LogP contribution >= 0.6 is 0 Å². The fraction of sp³-hybridized carbons (Fsp3) is 0.333. The first-order valence-corrected chi connectivity index (χ1v) is 8.67. The molecule has 0 unspecified atom stereocenters. The maximum absolute atomic E-state index is 11.3. The van der Waals surface area contributed by atoms with E-state index in [9.17, 15) is 4.79 Å². The molecule has 5 nitrogen and oxygen atoms in total. The molecule has 0 atom stereocenters. The Balaban J connectivity index is 1.80. The molecule has 0 bridgehead atoms. The average molecular weight is 352 g/mol. The van der Waals surface area contributed by atoms with Crippen molar-refractivity contribution in [2.45, 2.75) is 32.7 Å². The van der Waals surface area contributed by atoms with E-state index in [2.05, 4.69) is 25.2 Å². The number of amides is 1. The van der Waals surface area contributed by atoms with Crippen molar-refractivity contribution in [3.8, 4) is 17.6 Å². The van der Waals surface area contributed by atoms with E-state index in [1.807, 2.05) is 48.5 Å². The largest absolute Gasteiger partial charge is 0.490 e. The Kier molecular flexibility index (Phi) is 7.50. The van der Waals surface area contributed by atoms with Crippen LogP contribution in [0.15, 0.2) is 48.5 Å². The standard InChI is InChI=1S/C21H24N2O3/c1-16(2)19-8-3-4-9-20(19)26-13-12-25-18-7-5-6-17(14-18)15-23-21(24)10-11-22/h3-9,14,16H,10,12-13,15H2,1-2H3,(H,23,24). The highest BCUT2D eigenvalue weighted by Crippen LogP contribution is 2.25. The van der Waals surface area contributed by atoms with Gasteiger partial charge in [-0.25, -0.2) is 0 Å². The van der Waals surface area contributed by atoms with Crippen LogP contribution in [0.2, 0.25) is 0 Å². The van der Waals surface area contributed by atoms with Crippen molar-refractivity contribution in [2.24, 2.45) is 0 Å². The van der Waals surface area contributed by atoms with E-state index >= 15 is 0 Å². The summed E-state index contributed by atoms with van der Waals surface area (Å²) in [4.78, 5) is 11.3. The summed E-state index contributed by atoms with van der Waals surface area (Å²) < 4.78 is 11.6. The van der Waals surface area contributed by atoms with Crippen molar-refractivity contribution < 1.29 is 14.3 Å². The number of carbonyl (C=O) groups excluding carboxylic acids is 1. The molecular weight excluding hydrogens is 328 g/mol. The minimum absolute atomic E-state index is 0.134. The molecule has 0 spiro atoms. The number of para-hydroxylation sites is 1. The third-order valence-electron chi connectivity index (χ3n) is 3.78. The third-order valence-corrected chi connectivity index (χ3v) is 3.78. The minimum atomic E-state index is -0.281. The van der Waals surface area contributed by atoms with Gasteiger partial charge in [-0.2, -0.15) is 5.26 Å². The number of ether oxygens (including phenoxy) is 2. The maximum Gasteiger partial charge on any atom is 0.234 e. The molecule has 0 radical (unpaired) electrons. The summed E-state index contributed by atoms with van der Waals surface area (Å²) in [5, 5.41) is 11.2. The topological polar surface area (TPSA) is 71.3 Å². The van der Waals surface area contributed by atoms with Crippen LogP contribution in [0.5, 0.6) is 11.5 Å². The van der Waals surface area contributed by atoms with Gasteiger partial charge in [-0.15, -0.1) is 0 Å². The lowest BCUT2D eigenvalue weighted by Gasteiger charge is -2.14. The molecule has 0 aliphatic heterocycles. The molecule has 1 N–H and O–H groups in total. The number of benzene rings is 2. The summed E-state index contributed by atoms with van der Waals surface area (Å²) in [6, 6.07) is 17.3. The van der Waals surface area contributed by atoms with Gasteiger partial charge in [0.1, 0.15) is 31.1 Å². The molecule has 5 heteroatoms. The second kappa shape index (κ2) is 10.1. The number of hydrogen-bond acceptors (Lipinski definition) is 4. The Labute approximate surface area is 154 Å². The number of hydrogen-bond donors (Lipinski definition) is 1. The van der Waals surface area contributed by atoms with Gasteiger partial charge in [0.05, 0.1) is 6.07 Å². The summed E-state index contributed by atoms with van der Waals surface area (Å²) in [6.07, 6.45) is -0.134. The first-order chi connectivity index (χ1) is 12.6. The van der Waals surface area contributed by atoms with Crippen molar-refractivity contribution in [1.29, 1.82) is 5.26 Å². The van der Waals surface area contributed by atoms with E-state index in [0.29, 0.717) is 25.7 Å². The number of nitrogens with zero attached hydrogens (tertiary/aromatic N) is 1. The van der Waals surface area contributed by atoms with Gasteiger partial charge >= 0.3 is 0 Å². The molecule has 2 aromatic rings. The fourth-order valence-electron chi connectivity index (χ4n) is 2.48. The molecule has 0 saturated carbocycles. The highest BCUT2D eigenvalue weighted by molar-refractivity contribution is 5.77. The number of nitrogens with one attached hydrogen (secondary N) is 1. The third kappa shape index (κ3) is 6.14. The van der Waals surface area contributed by atoms with Gasteiger partial charge in [-0.3, -0.25) is 4.79 Å². The van der Waals surface area contributed by atoms with Gasteiger partial charge in [0, 0.05) is 6.54 Å². The first kappa shape index (κ1) is 19.3. The lowest BCUT2D eigenvalue weighted by molar-refractivity contribution is -0.120. The summed E-state index contributed by atoms with van der Waals surface area (Å²) in [7, 11) is 0. The van der Waals surface area contributed by atoms with Crippen LogP contribution in [0.25, 0.3) is 0 Å². The zero-order chi connectivity index (χ0) is 18.8. The lowest BCUT2D eigenvalue weighted by atomic mass is 10.0. The van der Waals surface area contributed by atoms with Crippen LogP contribution in [0.3, 0.4) is 0 Å². The number of rotatable bonds is 9. The second-order valence-electron chi connectivity index (χ2n) is 6.15. The molecular formula is C21H24N2O3. The predicted octanol–water partition coefficient (Wildman–Crippen LogP) is 3.80. The van der Waals surface area contributed by atoms with Crippen LogP contribution in [-0.2, 0) is 11.3 Å². The van der Waals surface area contributed by atoms with Gasteiger partial charge < -0.3 is 14.8 Å². The molecule has 0 aliphatic carbocycles. The lowest BCUT2D eigenvalue weighted by Crippen LogP contribution is -2.21. The summed E-state index contributed by atoms with van der Waals surface area (Å²) >= 11 is 0. The Hall–Kier alpha value is -3.00. The number of carbonyl (C=O) groups is 1. The Morgan fingerprint density at radius 1 is 1.12 bits per heavy atom. The Morgan fingerprint density at radius 2 is 1.88 bits per heavy atom. The zero-order valence-corrected chi connectivity index (χ0v) is 15.2. The predicted molar refractivity (Wildman–Crippen MR) is 100 cm³/mol. The van der Waals surface area contributed by atoms with Crippen LogP contribution in [0, 0.1) is 11.3 Å². The summed E-state index contributed by atoms with van der Waals surface area (Å²) in [5.74, 6) is 1.73. The zero-order valence-electron chi connectivity index (χ0n) is 15.2. The van der Waals surface area contributed by atoms with E-state index in [1.165, 1.54) is 5.56 Å². The molecule has 0 saturated heterocycles. The quantitative estimate of drug-likeness (QED) is 0.697. The summed E-state index contributed by atoms with van der Waals surface area (Å²) in [6.45, 7) is 5.53. The Morgan fingerprint density at radius 3 is 2.65 bits per heavy atom. The van der Waals surface area contributed by atoms with Crippen LogP contribution in [-0.4, -0.2) is 19.1 Å². The van der Waals surface area contributed by atoms with Gasteiger partial charge in [-0.1, -0.05) is 44.2 Å². The second-order valence-corrected chi connectivity index (χ2v) is 6.15. The van der Waals surface area contributed by atoms with Crippen LogP contribution < -0.4 is 14.8 Å². The number of nitriles is 1. The van der Waals surface area contributed by atoms with E-state index in [0.717, 1.165) is 17.1 Å². The maximum atomic E-state index is 11.3. The normalized spacial score (nSPS) is 10.2. The van der Waals surface area contributed by atoms with Crippen molar-refractivity contribution in [1.82, 2.24) is 5.32 Å². The summed E-state index contributed by atoms with van der Waals surface area (Å²) in [5.41, 5.74) is 2.10. The van der Waals surface area contributed by atoms with Gasteiger partial charge in [0.25, 0.3) is 0 Å². The van der Waals surface area contributed by atoms with Crippen LogP contribution in [0.4, 0.5) is 0 Å². The van der Waals surface area contributed by atoms with E-state index in [-0.39, 0.29) is 12.3 Å². The SMILES string of the molecule is CC(C)c1ccccc1OCCOc1cccc(CNC(=O)CC#N)c1. The highest BCUT2D eigenvalue weighted by atomic mass is 16.5. The molecule has 136 valence electrons. The van der Waals surface area contributed by atoms with Gasteiger partial charge in [0.2, 0.25) is 5.91 Å². The minimum Gasteiger partial charge on any atom is -0.490 e. The van der Waals surface area contributed by atoms with E-state index in [4.69, 9.17) is 14.7 Å². The van der Waals surface area contributed by atoms with Crippen molar-refractivity contribution in [2.75, 3.05) is 13.2 Å². The molecule has 2 aromatic carbocycles. The molecule has 26 heavy (non-hydrogen) atoms. The molecule has 0 aromatic heterocycles. The van der Waals surface area contributed by atoms with E-state index in [1.54, 1.807) is 0 Å². The van der Waals surface area contributed by atoms with E-state index < -0.39 is 0 Å². The molecule has 0 heterocycles. The fourth-order valence-corrected chi connectivity index (χ4v) is 2.48. The highest BCUT2D eigenvalue weighted by Gasteiger charge is 2.07. The average Bonchev–Trinajstić information content (AvgIpc) is 2.64. The smallest absolute Gasteiger partial charge is 0.234 e. The van der Waals surface area contributed by atoms with Crippen LogP contribution in [0.1, 0.15) is 37.3 Å². The Bertz CT molecular complexity index is 766. The molecule has 0 aliphatic rings. The molecule has 0 fully saturated rings. The molecule has 2 rings (SSSR count). The van der Waals surface area contributed by atoms with Gasteiger partial charge in [-0.05, 0) is 35.2 Å². The first-order valence-electron chi connectivity index (χ1n) is 8.67. The van der Waals surface area contributed by atoms with Gasteiger partial charge in [0.15, 0.2) is 0 Å². The van der Waals surface area contributed by atoms with Crippen molar-refractivity contribution in [3.63, 3.8) is 0 Å². The monoisotopic (exact) mass is 352 g/mol. The van der Waals surface area contributed by atoms with Crippen molar-refractivity contribution >= 4 is 5.91 Å².